The maximum Gasteiger partial charge on any atom is 0.345 e. The first-order valence-corrected chi connectivity index (χ1v) is 4.64. The molecule has 1 aliphatic heterocycles. The van der Waals surface area contributed by atoms with E-state index in [1.807, 2.05) is 6.92 Å². The Morgan fingerprint density at radius 3 is 3.00 bits per heavy atom. The second-order valence-corrected chi connectivity index (χ2v) is 3.80. The van der Waals surface area contributed by atoms with Gasteiger partial charge in [-0.2, -0.15) is 0 Å². The molecule has 1 aromatic rings. The Morgan fingerprint density at radius 2 is 2.36 bits per heavy atom. The van der Waals surface area contributed by atoms with E-state index in [0.717, 1.165) is 11.1 Å². The van der Waals surface area contributed by atoms with Crippen molar-refractivity contribution in [1.82, 2.24) is 0 Å². The van der Waals surface area contributed by atoms with Gasteiger partial charge in [0.15, 0.2) is 6.10 Å². The van der Waals surface area contributed by atoms with Crippen molar-refractivity contribution in [3.63, 3.8) is 0 Å². The third-order valence-corrected chi connectivity index (χ3v) is 2.48. The van der Waals surface area contributed by atoms with Crippen molar-refractivity contribution in [2.75, 3.05) is 0 Å². The zero-order valence-electron chi connectivity index (χ0n) is 7.58. The van der Waals surface area contributed by atoms with Crippen molar-refractivity contribution < 1.29 is 14.6 Å². The van der Waals surface area contributed by atoms with Gasteiger partial charge in [0.05, 0.1) is 0 Å². The van der Waals surface area contributed by atoms with Crippen molar-refractivity contribution in [1.29, 1.82) is 0 Å². The largest absolute Gasteiger partial charge is 0.478 e. The molecule has 1 aromatic carbocycles. The number of carboxylic acids is 1. The Kier molecular flexibility index (Phi) is 2.11. The van der Waals surface area contributed by atoms with Crippen LogP contribution in [-0.4, -0.2) is 17.2 Å². The minimum absolute atomic E-state index is 0.395. The van der Waals surface area contributed by atoms with Crippen molar-refractivity contribution in [3.05, 3.63) is 28.3 Å². The van der Waals surface area contributed by atoms with E-state index in [9.17, 15) is 4.79 Å². The van der Waals surface area contributed by atoms with E-state index in [0.29, 0.717) is 17.2 Å². The predicted molar refractivity (Wildman–Crippen MR) is 51.9 cm³/mol. The molecule has 1 atom stereocenters. The number of hydrogen-bond donors (Lipinski definition) is 1. The lowest BCUT2D eigenvalue weighted by molar-refractivity contribution is -0.144. The average molecular weight is 213 g/mol. The summed E-state index contributed by atoms with van der Waals surface area (Å²) in [6.07, 6.45) is -0.367. The van der Waals surface area contributed by atoms with E-state index < -0.39 is 12.1 Å². The molecule has 0 aliphatic carbocycles. The summed E-state index contributed by atoms with van der Waals surface area (Å²) in [5, 5.41) is 9.41. The van der Waals surface area contributed by atoms with Crippen LogP contribution in [0.1, 0.15) is 11.1 Å². The van der Waals surface area contributed by atoms with E-state index in [2.05, 4.69) is 0 Å². The summed E-state index contributed by atoms with van der Waals surface area (Å²) < 4.78 is 5.30. The maximum absolute atomic E-state index is 10.7. The van der Waals surface area contributed by atoms with Gasteiger partial charge in [-0.05, 0) is 24.6 Å². The fourth-order valence-corrected chi connectivity index (χ4v) is 1.94. The molecule has 0 saturated carbocycles. The van der Waals surface area contributed by atoms with Gasteiger partial charge >= 0.3 is 5.97 Å². The van der Waals surface area contributed by atoms with Crippen LogP contribution < -0.4 is 4.74 Å². The number of benzene rings is 1. The fraction of sp³-hybridized carbons (Fsp3) is 0.300. The molecule has 14 heavy (non-hydrogen) atoms. The SMILES string of the molecule is Cc1cc(Cl)cc2c1OC(C(=O)O)C2. The van der Waals surface area contributed by atoms with Gasteiger partial charge in [-0.3, -0.25) is 0 Å². The summed E-state index contributed by atoms with van der Waals surface area (Å²) in [6, 6.07) is 3.53. The van der Waals surface area contributed by atoms with E-state index >= 15 is 0 Å². The Bertz CT molecular complexity index is 401. The van der Waals surface area contributed by atoms with Crippen LogP contribution in [0.15, 0.2) is 12.1 Å². The Hall–Kier alpha value is -1.22. The van der Waals surface area contributed by atoms with Crippen LogP contribution in [0.2, 0.25) is 5.02 Å². The summed E-state index contributed by atoms with van der Waals surface area (Å²) in [5.74, 6) is -0.265. The normalized spacial score (nSPS) is 18.9. The number of ether oxygens (including phenoxy) is 1. The summed E-state index contributed by atoms with van der Waals surface area (Å²) in [5.41, 5.74) is 1.76. The van der Waals surface area contributed by atoms with Crippen LogP contribution >= 0.6 is 11.6 Å². The molecule has 0 fully saturated rings. The fourth-order valence-electron chi connectivity index (χ4n) is 1.64. The molecule has 1 heterocycles. The minimum atomic E-state index is -0.934. The van der Waals surface area contributed by atoms with Gasteiger partial charge in [0, 0.05) is 17.0 Å². The molecule has 0 radical (unpaired) electrons. The number of fused-ring (bicyclic) bond motifs is 1. The molecule has 0 bridgehead atoms. The van der Waals surface area contributed by atoms with E-state index in [-0.39, 0.29) is 0 Å². The van der Waals surface area contributed by atoms with Gasteiger partial charge in [-0.15, -0.1) is 0 Å². The van der Waals surface area contributed by atoms with E-state index in [1.165, 1.54) is 0 Å². The van der Waals surface area contributed by atoms with Crippen molar-refractivity contribution in [2.45, 2.75) is 19.4 Å². The summed E-state index contributed by atoms with van der Waals surface area (Å²) in [7, 11) is 0. The molecule has 4 heteroatoms. The van der Waals surface area contributed by atoms with Crippen LogP contribution in [0.5, 0.6) is 5.75 Å². The first-order chi connectivity index (χ1) is 6.58. The molecule has 0 saturated heterocycles. The minimum Gasteiger partial charge on any atom is -0.478 e. The molecule has 0 amide bonds. The molecule has 0 spiro atoms. The van der Waals surface area contributed by atoms with Gasteiger partial charge in [0.25, 0.3) is 0 Å². The number of carbonyl (C=O) groups is 1. The van der Waals surface area contributed by atoms with Gasteiger partial charge in [0.2, 0.25) is 0 Å². The Balaban J connectivity index is 2.39. The van der Waals surface area contributed by atoms with Crippen LogP contribution in [0.3, 0.4) is 0 Å². The lowest BCUT2D eigenvalue weighted by atomic mass is 10.1. The zero-order chi connectivity index (χ0) is 10.3. The smallest absolute Gasteiger partial charge is 0.345 e. The van der Waals surface area contributed by atoms with Gasteiger partial charge in [-0.25, -0.2) is 4.79 Å². The van der Waals surface area contributed by atoms with E-state index in [1.54, 1.807) is 12.1 Å². The highest BCUT2D eigenvalue weighted by atomic mass is 35.5. The number of aryl methyl sites for hydroxylation is 1. The third-order valence-electron chi connectivity index (χ3n) is 2.26. The molecular weight excluding hydrogens is 204 g/mol. The first-order valence-electron chi connectivity index (χ1n) is 4.26. The number of halogens is 1. The van der Waals surface area contributed by atoms with E-state index in [4.69, 9.17) is 21.4 Å². The highest BCUT2D eigenvalue weighted by Crippen LogP contribution is 2.34. The lowest BCUT2D eigenvalue weighted by Gasteiger charge is -2.06. The lowest BCUT2D eigenvalue weighted by Crippen LogP contribution is -2.24. The summed E-state index contributed by atoms with van der Waals surface area (Å²) >= 11 is 5.85. The molecule has 1 unspecified atom stereocenters. The molecular formula is C10H9ClO3. The highest BCUT2D eigenvalue weighted by molar-refractivity contribution is 6.30. The number of aliphatic carboxylic acids is 1. The zero-order valence-corrected chi connectivity index (χ0v) is 8.34. The molecule has 0 aromatic heterocycles. The second-order valence-electron chi connectivity index (χ2n) is 3.36. The summed E-state index contributed by atoms with van der Waals surface area (Å²) in [4.78, 5) is 10.7. The van der Waals surface area contributed by atoms with Crippen molar-refractivity contribution in [3.8, 4) is 5.75 Å². The Labute approximate surface area is 86.3 Å². The molecule has 1 N–H and O–H groups in total. The maximum atomic E-state index is 10.7. The van der Waals surface area contributed by atoms with Crippen molar-refractivity contribution >= 4 is 17.6 Å². The number of rotatable bonds is 1. The van der Waals surface area contributed by atoms with Gasteiger partial charge in [0.1, 0.15) is 5.75 Å². The molecule has 74 valence electrons. The average Bonchev–Trinajstić information content (AvgIpc) is 2.47. The van der Waals surface area contributed by atoms with Crippen LogP contribution in [0.25, 0.3) is 0 Å². The standard InChI is InChI=1S/C10H9ClO3/c1-5-2-7(11)3-6-4-8(10(12)13)14-9(5)6/h2-3,8H,4H2,1H3,(H,12,13). The quantitative estimate of drug-likeness (QED) is 0.775. The number of hydrogen-bond acceptors (Lipinski definition) is 2. The number of carboxylic acid groups (broad SMARTS) is 1. The predicted octanol–water partition coefficient (Wildman–Crippen LogP) is 2.04. The summed E-state index contributed by atoms with van der Waals surface area (Å²) in [6.45, 7) is 1.86. The van der Waals surface area contributed by atoms with Gasteiger partial charge < -0.3 is 9.84 Å². The van der Waals surface area contributed by atoms with Crippen molar-refractivity contribution in [2.24, 2.45) is 0 Å². The monoisotopic (exact) mass is 212 g/mol. The topological polar surface area (TPSA) is 46.5 Å². The second kappa shape index (κ2) is 3.17. The molecule has 3 nitrogen and oxygen atoms in total. The van der Waals surface area contributed by atoms with Gasteiger partial charge in [-0.1, -0.05) is 11.6 Å². The molecule has 1 aliphatic rings. The molecule has 2 rings (SSSR count). The highest BCUT2D eigenvalue weighted by Gasteiger charge is 2.30. The van der Waals surface area contributed by atoms with Crippen LogP contribution in [0.4, 0.5) is 0 Å². The van der Waals surface area contributed by atoms with Crippen LogP contribution in [-0.2, 0) is 11.2 Å². The Morgan fingerprint density at radius 1 is 1.64 bits per heavy atom. The van der Waals surface area contributed by atoms with Crippen LogP contribution in [0, 0.1) is 6.92 Å². The third kappa shape index (κ3) is 1.44. The first kappa shape index (κ1) is 9.34.